The summed E-state index contributed by atoms with van der Waals surface area (Å²) in [7, 11) is 0. The second kappa shape index (κ2) is 11.3. The minimum absolute atomic E-state index is 0. The Morgan fingerprint density at radius 1 is 0.750 bits per heavy atom. The standard InChI is InChI=1S/C5H12S2.Ag/c6-4-2-1-3-5-7;/h6-7H,1-5H2;. The van der Waals surface area contributed by atoms with Crippen molar-refractivity contribution in [3.8, 4) is 0 Å². The van der Waals surface area contributed by atoms with E-state index in [1.54, 1.807) is 0 Å². The first-order chi connectivity index (χ1) is 3.41. The molecule has 0 aromatic carbocycles. The fourth-order valence-corrected chi connectivity index (χ4v) is 0.848. The molecular formula is C5H12AgS2. The Morgan fingerprint density at radius 3 is 1.38 bits per heavy atom. The summed E-state index contributed by atoms with van der Waals surface area (Å²) in [4.78, 5) is 0. The molecule has 0 amide bonds. The van der Waals surface area contributed by atoms with Gasteiger partial charge in [0, 0.05) is 22.4 Å². The molecule has 0 aliphatic rings. The van der Waals surface area contributed by atoms with Crippen LogP contribution in [0.4, 0.5) is 0 Å². The van der Waals surface area contributed by atoms with E-state index in [1.165, 1.54) is 19.3 Å². The molecule has 0 heterocycles. The van der Waals surface area contributed by atoms with Gasteiger partial charge in [-0.3, -0.25) is 0 Å². The normalized spacial score (nSPS) is 8.25. The van der Waals surface area contributed by atoms with E-state index in [0.717, 1.165) is 11.5 Å². The predicted octanol–water partition coefficient (Wildman–Crippen LogP) is 2.01. The molecule has 0 rings (SSSR count). The third-order valence-electron chi connectivity index (χ3n) is 0.816. The van der Waals surface area contributed by atoms with Crippen molar-refractivity contribution < 1.29 is 22.4 Å². The summed E-state index contributed by atoms with van der Waals surface area (Å²) in [5.74, 6) is 2.04. The van der Waals surface area contributed by atoms with Crippen LogP contribution in [0.5, 0.6) is 0 Å². The first kappa shape index (κ1) is 12.1. The zero-order chi connectivity index (χ0) is 5.54. The molecule has 0 nitrogen and oxygen atoms in total. The molecule has 0 bridgehead atoms. The van der Waals surface area contributed by atoms with Gasteiger partial charge >= 0.3 is 0 Å². The van der Waals surface area contributed by atoms with Crippen LogP contribution in [-0.4, -0.2) is 11.5 Å². The van der Waals surface area contributed by atoms with E-state index in [-0.39, 0.29) is 22.4 Å². The van der Waals surface area contributed by atoms with Gasteiger partial charge in [-0.15, -0.1) is 0 Å². The van der Waals surface area contributed by atoms with Crippen molar-refractivity contribution in [2.24, 2.45) is 0 Å². The van der Waals surface area contributed by atoms with E-state index in [9.17, 15) is 0 Å². The second-order valence-electron chi connectivity index (χ2n) is 1.51. The Kier molecular flexibility index (Phi) is 17.1. The molecule has 0 unspecified atom stereocenters. The third-order valence-corrected chi connectivity index (χ3v) is 1.45. The minimum atomic E-state index is 0. The monoisotopic (exact) mass is 243 g/mol. The number of rotatable bonds is 4. The molecule has 0 fully saturated rings. The van der Waals surface area contributed by atoms with Gasteiger partial charge in [0.05, 0.1) is 0 Å². The maximum atomic E-state index is 4.07. The predicted molar refractivity (Wildman–Crippen MR) is 41.6 cm³/mol. The van der Waals surface area contributed by atoms with E-state index < -0.39 is 0 Å². The van der Waals surface area contributed by atoms with Gasteiger partial charge in [-0.1, -0.05) is 6.42 Å². The molecule has 3 heteroatoms. The van der Waals surface area contributed by atoms with E-state index in [1.807, 2.05) is 0 Å². The summed E-state index contributed by atoms with van der Waals surface area (Å²) in [5, 5.41) is 0. The Balaban J connectivity index is 0. The summed E-state index contributed by atoms with van der Waals surface area (Å²) in [6.45, 7) is 0. The fourth-order valence-electron chi connectivity index (χ4n) is 0.400. The average Bonchev–Trinajstić information content (AvgIpc) is 1.69. The van der Waals surface area contributed by atoms with Crippen LogP contribution in [0.3, 0.4) is 0 Å². The van der Waals surface area contributed by atoms with Crippen LogP contribution in [-0.2, 0) is 22.4 Å². The molecule has 0 aliphatic carbocycles. The molecule has 0 N–H and O–H groups in total. The Labute approximate surface area is 78.1 Å². The van der Waals surface area contributed by atoms with Crippen LogP contribution in [0.1, 0.15) is 19.3 Å². The number of hydrogen-bond acceptors (Lipinski definition) is 2. The largest absolute Gasteiger partial charge is 0.179 e. The van der Waals surface area contributed by atoms with Crippen molar-refractivity contribution in [3.63, 3.8) is 0 Å². The van der Waals surface area contributed by atoms with Crippen molar-refractivity contribution in [3.05, 3.63) is 0 Å². The first-order valence-electron chi connectivity index (χ1n) is 2.63. The quantitative estimate of drug-likeness (QED) is 0.422. The van der Waals surface area contributed by atoms with Crippen LogP contribution in [0.15, 0.2) is 0 Å². The van der Waals surface area contributed by atoms with Crippen LogP contribution in [0, 0.1) is 0 Å². The molecule has 0 saturated heterocycles. The Hall–Kier alpha value is 1.44. The summed E-state index contributed by atoms with van der Waals surface area (Å²) in [6, 6.07) is 0. The molecule has 0 saturated carbocycles. The Morgan fingerprint density at radius 2 is 1.12 bits per heavy atom. The van der Waals surface area contributed by atoms with Gasteiger partial charge in [0.1, 0.15) is 0 Å². The summed E-state index contributed by atoms with van der Waals surface area (Å²) in [5.41, 5.74) is 0. The molecular weight excluding hydrogens is 232 g/mol. The average molecular weight is 244 g/mol. The molecule has 8 heavy (non-hydrogen) atoms. The molecule has 1 radical (unpaired) electrons. The number of thiol groups is 2. The van der Waals surface area contributed by atoms with Crippen LogP contribution < -0.4 is 0 Å². The van der Waals surface area contributed by atoms with Crippen molar-refractivity contribution in [2.45, 2.75) is 19.3 Å². The van der Waals surface area contributed by atoms with Crippen molar-refractivity contribution >= 4 is 25.3 Å². The van der Waals surface area contributed by atoms with E-state index in [2.05, 4.69) is 25.3 Å². The van der Waals surface area contributed by atoms with Crippen molar-refractivity contribution in [1.82, 2.24) is 0 Å². The van der Waals surface area contributed by atoms with Gasteiger partial charge in [-0.2, -0.15) is 25.3 Å². The topological polar surface area (TPSA) is 0 Å². The minimum Gasteiger partial charge on any atom is -0.179 e. The van der Waals surface area contributed by atoms with Crippen molar-refractivity contribution in [2.75, 3.05) is 11.5 Å². The molecule has 0 aromatic rings. The zero-order valence-electron chi connectivity index (χ0n) is 4.73. The van der Waals surface area contributed by atoms with Gasteiger partial charge in [0.2, 0.25) is 0 Å². The van der Waals surface area contributed by atoms with Gasteiger partial charge in [-0.25, -0.2) is 0 Å². The van der Waals surface area contributed by atoms with E-state index in [4.69, 9.17) is 0 Å². The van der Waals surface area contributed by atoms with Gasteiger partial charge in [0.25, 0.3) is 0 Å². The van der Waals surface area contributed by atoms with Gasteiger partial charge in [-0.05, 0) is 24.3 Å². The summed E-state index contributed by atoms with van der Waals surface area (Å²) < 4.78 is 0. The molecule has 0 atom stereocenters. The molecule has 55 valence electrons. The SMILES string of the molecule is SCCCCCS.[Ag]. The summed E-state index contributed by atoms with van der Waals surface area (Å²) >= 11 is 8.14. The van der Waals surface area contributed by atoms with Crippen molar-refractivity contribution in [1.29, 1.82) is 0 Å². The Bertz CT molecular complexity index is 29.6. The number of unbranched alkanes of at least 4 members (excludes halogenated alkanes) is 2. The zero-order valence-corrected chi connectivity index (χ0v) is 8.00. The fraction of sp³-hybridized carbons (Fsp3) is 1.00. The molecule has 0 aromatic heterocycles. The second-order valence-corrected chi connectivity index (χ2v) is 2.40. The van der Waals surface area contributed by atoms with Gasteiger partial charge < -0.3 is 0 Å². The third kappa shape index (κ3) is 10.4. The van der Waals surface area contributed by atoms with Crippen LogP contribution >= 0.6 is 25.3 Å². The summed E-state index contributed by atoms with van der Waals surface area (Å²) in [6.07, 6.45) is 3.76. The van der Waals surface area contributed by atoms with Crippen LogP contribution in [0.25, 0.3) is 0 Å². The molecule has 0 aliphatic heterocycles. The molecule has 0 spiro atoms. The maximum absolute atomic E-state index is 4.07. The van der Waals surface area contributed by atoms with E-state index in [0.29, 0.717) is 0 Å². The maximum Gasteiger partial charge on any atom is 0 e. The first-order valence-corrected chi connectivity index (χ1v) is 3.90. The van der Waals surface area contributed by atoms with Crippen LogP contribution in [0.2, 0.25) is 0 Å². The number of hydrogen-bond donors (Lipinski definition) is 2. The van der Waals surface area contributed by atoms with E-state index >= 15 is 0 Å². The van der Waals surface area contributed by atoms with Gasteiger partial charge in [0.15, 0.2) is 0 Å². The smallest absolute Gasteiger partial charge is 0 e.